The number of carbonyl (C=O) groups excluding carboxylic acids is 2. The molecule has 0 aliphatic carbocycles. The van der Waals surface area contributed by atoms with E-state index in [2.05, 4.69) is 45.3 Å². The topological polar surface area (TPSA) is 88.9 Å². The number of pyridine rings is 1. The summed E-state index contributed by atoms with van der Waals surface area (Å²) in [5.74, 6) is -0.261. The van der Waals surface area contributed by atoms with Crippen molar-refractivity contribution < 1.29 is 9.59 Å². The summed E-state index contributed by atoms with van der Waals surface area (Å²) in [4.78, 5) is 30.6. The van der Waals surface area contributed by atoms with Crippen LogP contribution in [0, 0.1) is 13.8 Å². The minimum absolute atomic E-state index is 0.150. The SMILES string of the molecule is CCNC(=O)c1ccc(C)c(NC(=O)c2cc(C(C)C)nc3c2c(C)nn3C(C)(C)C)c1. The average molecular weight is 436 g/mol. The number of anilines is 1. The van der Waals surface area contributed by atoms with E-state index in [1.165, 1.54) is 0 Å². The van der Waals surface area contributed by atoms with E-state index in [-0.39, 0.29) is 23.3 Å². The number of nitrogens with one attached hydrogen (secondary N) is 2. The van der Waals surface area contributed by atoms with Gasteiger partial charge in [-0.1, -0.05) is 19.9 Å². The molecule has 2 N–H and O–H groups in total. The summed E-state index contributed by atoms with van der Waals surface area (Å²) in [6, 6.07) is 7.16. The highest BCUT2D eigenvalue weighted by Gasteiger charge is 2.25. The number of rotatable bonds is 5. The summed E-state index contributed by atoms with van der Waals surface area (Å²) < 4.78 is 1.89. The molecule has 0 fully saturated rings. The Morgan fingerprint density at radius 1 is 1.09 bits per heavy atom. The van der Waals surface area contributed by atoms with Crippen molar-refractivity contribution in [3.05, 3.63) is 52.3 Å². The van der Waals surface area contributed by atoms with Gasteiger partial charge in [0.05, 0.1) is 22.2 Å². The zero-order valence-corrected chi connectivity index (χ0v) is 20.3. The molecule has 2 aromatic heterocycles. The lowest BCUT2D eigenvalue weighted by Gasteiger charge is -2.20. The fourth-order valence-corrected chi connectivity index (χ4v) is 3.60. The molecule has 2 heterocycles. The van der Waals surface area contributed by atoms with Gasteiger partial charge >= 0.3 is 0 Å². The molecular weight excluding hydrogens is 402 g/mol. The van der Waals surface area contributed by atoms with Gasteiger partial charge in [-0.25, -0.2) is 9.67 Å². The second-order valence-corrected chi connectivity index (χ2v) is 9.46. The van der Waals surface area contributed by atoms with Crippen LogP contribution in [0.1, 0.15) is 85.1 Å². The van der Waals surface area contributed by atoms with Crippen molar-refractivity contribution in [2.75, 3.05) is 11.9 Å². The summed E-state index contributed by atoms with van der Waals surface area (Å²) in [5.41, 5.74) is 4.55. The molecule has 1 aromatic carbocycles. The molecule has 7 heteroatoms. The van der Waals surface area contributed by atoms with E-state index in [1.54, 1.807) is 12.1 Å². The van der Waals surface area contributed by atoms with Gasteiger partial charge in [-0.05, 0) is 71.2 Å². The van der Waals surface area contributed by atoms with Crippen LogP contribution in [-0.4, -0.2) is 33.1 Å². The van der Waals surface area contributed by atoms with Gasteiger partial charge in [-0.15, -0.1) is 0 Å². The van der Waals surface area contributed by atoms with Gasteiger partial charge in [0, 0.05) is 23.5 Å². The minimum atomic E-state index is -0.277. The second-order valence-electron chi connectivity index (χ2n) is 9.46. The van der Waals surface area contributed by atoms with Crippen LogP contribution in [0.2, 0.25) is 0 Å². The fraction of sp³-hybridized carbons (Fsp3) is 0.440. The van der Waals surface area contributed by atoms with Gasteiger partial charge in [0.15, 0.2) is 5.65 Å². The minimum Gasteiger partial charge on any atom is -0.352 e. The molecule has 0 radical (unpaired) electrons. The average Bonchev–Trinajstić information content (AvgIpc) is 3.06. The molecule has 3 aromatic rings. The van der Waals surface area contributed by atoms with Crippen molar-refractivity contribution in [1.82, 2.24) is 20.1 Å². The standard InChI is InChI=1S/C25H33N5O2/c1-9-26-23(31)17-11-10-15(4)20(12-17)28-24(32)18-13-19(14(2)3)27-22-21(18)16(5)29-30(22)25(6,7)8/h10-14H,9H2,1-8H3,(H,26,31)(H,28,32). The Bertz CT molecular complexity index is 1190. The summed E-state index contributed by atoms with van der Waals surface area (Å²) in [5, 5.41) is 11.3. The second kappa shape index (κ2) is 8.73. The first-order valence-corrected chi connectivity index (χ1v) is 11.0. The van der Waals surface area contributed by atoms with E-state index in [0.29, 0.717) is 29.0 Å². The first-order valence-electron chi connectivity index (χ1n) is 11.0. The fourth-order valence-electron chi connectivity index (χ4n) is 3.60. The van der Waals surface area contributed by atoms with Crippen molar-refractivity contribution in [3.8, 4) is 0 Å². The molecule has 0 aliphatic rings. The first kappa shape index (κ1) is 23.4. The number of aromatic nitrogens is 3. The summed E-state index contributed by atoms with van der Waals surface area (Å²) in [7, 11) is 0. The molecule has 0 unspecified atom stereocenters. The number of aryl methyl sites for hydroxylation is 2. The van der Waals surface area contributed by atoms with Gasteiger partial charge in [0.1, 0.15) is 0 Å². The quantitative estimate of drug-likeness (QED) is 0.595. The number of nitrogens with zero attached hydrogens (tertiary/aromatic N) is 3. The number of hydrogen-bond acceptors (Lipinski definition) is 4. The van der Waals surface area contributed by atoms with Gasteiger partial charge in [-0.3, -0.25) is 9.59 Å². The normalized spacial score (nSPS) is 11.8. The van der Waals surface area contributed by atoms with E-state index in [4.69, 9.17) is 10.1 Å². The monoisotopic (exact) mass is 435 g/mol. The Hall–Kier alpha value is -3.22. The maximum absolute atomic E-state index is 13.5. The number of hydrogen-bond donors (Lipinski definition) is 2. The smallest absolute Gasteiger partial charge is 0.256 e. The molecule has 0 atom stereocenters. The highest BCUT2D eigenvalue weighted by Crippen LogP contribution is 2.30. The van der Waals surface area contributed by atoms with Crippen molar-refractivity contribution in [2.24, 2.45) is 0 Å². The summed E-state index contributed by atoms with van der Waals surface area (Å²) >= 11 is 0. The maximum atomic E-state index is 13.5. The molecule has 2 amide bonds. The molecule has 7 nitrogen and oxygen atoms in total. The van der Waals surface area contributed by atoms with E-state index in [1.807, 2.05) is 37.6 Å². The predicted octanol–water partition coefficient (Wildman–Crippen LogP) is 4.93. The van der Waals surface area contributed by atoms with Crippen molar-refractivity contribution in [1.29, 1.82) is 0 Å². The van der Waals surface area contributed by atoms with Crippen LogP contribution in [0.5, 0.6) is 0 Å². The largest absolute Gasteiger partial charge is 0.352 e. The van der Waals surface area contributed by atoms with Crippen LogP contribution in [0.25, 0.3) is 11.0 Å². The Labute approximate surface area is 189 Å². The molecule has 32 heavy (non-hydrogen) atoms. The number of benzene rings is 1. The number of amides is 2. The van der Waals surface area contributed by atoms with Crippen molar-refractivity contribution in [3.63, 3.8) is 0 Å². The van der Waals surface area contributed by atoms with Crippen LogP contribution >= 0.6 is 0 Å². The zero-order chi connectivity index (χ0) is 23.8. The van der Waals surface area contributed by atoms with E-state index in [0.717, 1.165) is 22.3 Å². The van der Waals surface area contributed by atoms with Crippen molar-refractivity contribution in [2.45, 2.75) is 66.8 Å². The molecule has 0 saturated carbocycles. The maximum Gasteiger partial charge on any atom is 0.256 e. The highest BCUT2D eigenvalue weighted by atomic mass is 16.2. The van der Waals surface area contributed by atoms with Crippen LogP contribution in [0.3, 0.4) is 0 Å². The van der Waals surface area contributed by atoms with E-state index >= 15 is 0 Å². The van der Waals surface area contributed by atoms with Crippen LogP contribution < -0.4 is 10.6 Å². The van der Waals surface area contributed by atoms with Gasteiger partial charge in [0.25, 0.3) is 11.8 Å². The van der Waals surface area contributed by atoms with E-state index < -0.39 is 0 Å². The zero-order valence-electron chi connectivity index (χ0n) is 20.3. The molecule has 0 aliphatic heterocycles. The number of carbonyl (C=O) groups is 2. The van der Waals surface area contributed by atoms with Crippen LogP contribution in [0.4, 0.5) is 5.69 Å². The molecular formula is C25H33N5O2. The predicted molar refractivity (Wildman–Crippen MR) is 128 cm³/mol. The first-order chi connectivity index (χ1) is 14.9. The highest BCUT2D eigenvalue weighted by molar-refractivity contribution is 6.13. The number of fused-ring (bicyclic) bond motifs is 1. The van der Waals surface area contributed by atoms with Crippen LogP contribution in [0.15, 0.2) is 24.3 Å². The molecule has 0 saturated heterocycles. The molecule has 0 bridgehead atoms. The van der Waals surface area contributed by atoms with Crippen molar-refractivity contribution >= 4 is 28.5 Å². The Morgan fingerprint density at radius 3 is 2.38 bits per heavy atom. The lowest BCUT2D eigenvalue weighted by Crippen LogP contribution is -2.24. The lowest BCUT2D eigenvalue weighted by molar-refractivity contribution is 0.0954. The van der Waals surface area contributed by atoms with Gasteiger partial charge in [0.2, 0.25) is 0 Å². The van der Waals surface area contributed by atoms with Gasteiger partial charge < -0.3 is 10.6 Å². The molecule has 3 rings (SSSR count). The van der Waals surface area contributed by atoms with Crippen LogP contribution in [-0.2, 0) is 5.54 Å². The van der Waals surface area contributed by atoms with E-state index in [9.17, 15) is 9.59 Å². The Balaban J connectivity index is 2.12. The Kier molecular flexibility index (Phi) is 6.39. The molecule has 0 spiro atoms. The summed E-state index contributed by atoms with van der Waals surface area (Å²) in [6.07, 6.45) is 0. The third-order valence-electron chi connectivity index (χ3n) is 5.39. The molecule has 170 valence electrons. The lowest BCUT2D eigenvalue weighted by atomic mass is 10.0. The third-order valence-corrected chi connectivity index (χ3v) is 5.39. The summed E-state index contributed by atoms with van der Waals surface area (Å²) in [6.45, 7) is 16.5. The Morgan fingerprint density at radius 2 is 1.78 bits per heavy atom. The third kappa shape index (κ3) is 4.52. The van der Waals surface area contributed by atoms with Gasteiger partial charge in [-0.2, -0.15) is 5.10 Å².